The number of halogens is 1. The number of hydrogen-bond donors (Lipinski definition) is 1. The molecule has 0 saturated carbocycles. The maximum absolute atomic E-state index is 13.1. The molecule has 0 heterocycles. The molecule has 1 N–H and O–H groups in total. The fraction of sp³-hybridized carbons (Fsp3) is 0.350. The SMILES string of the molecule is CCc1cccc(C)c1NC(=O)[C@@H](CC)N(c1cccc(Cl)c1)S(C)(=O)=O. The predicted molar refractivity (Wildman–Crippen MR) is 112 cm³/mol. The highest BCUT2D eigenvalue weighted by atomic mass is 35.5. The van der Waals surface area contributed by atoms with Crippen molar-refractivity contribution in [3.05, 3.63) is 58.6 Å². The van der Waals surface area contributed by atoms with E-state index in [0.29, 0.717) is 17.1 Å². The molecular weight excluding hydrogens is 384 g/mol. The second-order valence-electron chi connectivity index (χ2n) is 6.41. The first-order valence-electron chi connectivity index (χ1n) is 8.83. The number of anilines is 2. The fourth-order valence-corrected chi connectivity index (χ4v) is 4.47. The van der Waals surface area contributed by atoms with Gasteiger partial charge in [0.15, 0.2) is 0 Å². The van der Waals surface area contributed by atoms with Gasteiger partial charge in [0.2, 0.25) is 15.9 Å². The molecule has 0 aliphatic heterocycles. The molecule has 0 unspecified atom stereocenters. The van der Waals surface area contributed by atoms with E-state index in [1.165, 1.54) is 0 Å². The normalized spacial score (nSPS) is 12.5. The lowest BCUT2D eigenvalue weighted by atomic mass is 10.0. The quantitative estimate of drug-likeness (QED) is 0.738. The Morgan fingerprint density at radius 2 is 1.85 bits per heavy atom. The van der Waals surface area contributed by atoms with Gasteiger partial charge in [-0.15, -0.1) is 0 Å². The molecule has 0 fully saturated rings. The molecule has 0 aliphatic rings. The molecule has 2 aromatic carbocycles. The van der Waals surface area contributed by atoms with Crippen molar-refractivity contribution in [3.63, 3.8) is 0 Å². The Bertz CT molecular complexity index is 929. The number of benzene rings is 2. The first-order chi connectivity index (χ1) is 12.7. The number of rotatable bonds is 7. The fourth-order valence-electron chi connectivity index (χ4n) is 3.08. The van der Waals surface area contributed by atoms with Crippen LogP contribution in [0.1, 0.15) is 31.4 Å². The van der Waals surface area contributed by atoms with Crippen LogP contribution in [0.5, 0.6) is 0 Å². The van der Waals surface area contributed by atoms with Crippen LogP contribution in [0.3, 0.4) is 0 Å². The van der Waals surface area contributed by atoms with Crippen molar-refractivity contribution in [1.82, 2.24) is 0 Å². The van der Waals surface area contributed by atoms with E-state index in [4.69, 9.17) is 11.6 Å². The Hall–Kier alpha value is -2.05. The van der Waals surface area contributed by atoms with Gasteiger partial charge in [0.1, 0.15) is 6.04 Å². The smallest absolute Gasteiger partial charge is 0.248 e. The van der Waals surface area contributed by atoms with Crippen LogP contribution in [0.4, 0.5) is 11.4 Å². The second-order valence-corrected chi connectivity index (χ2v) is 8.71. The zero-order valence-electron chi connectivity index (χ0n) is 16.0. The van der Waals surface area contributed by atoms with Crippen molar-refractivity contribution >= 4 is 38.9 Å². The van der Waals surface area contributed by atoms with Gasteiger partial charge in [0.25, 0.3) is 0 Å². The molecule has 0 radical (unpaired) electrons. The minimum Gasteiger partial charge on any atom is -0.324 e. The summed E-state index contributed by atoms with van der Waals surface area (Å²) in [5.74, 6) is -0.369. The van der Waals surface area contributed by atoms with Gasteiger partial charge in [-0.3, -0.25) is 9.10 Å². The van der Waals surface area contributed by atoms with Gasteiger partial charge < -0.3 is 5.32 Å². The van der Waals surface area contributed by atoms with Crippen LogP contribution in [0.25, 0.3) is 0 Å². The molecule has 0 spiro atoms. The number of carbonyl (C=O) groups is 1. The van der Waals surface area contributed by atoms with Crippen molar-refractivity contribution in [2.24, 2.45) is 0 Å². The second kappa shape index (κ2) is 8.76. The highest BCUT2D eigenvalue weighted by Gasteiger charge is 2.32. The molecule has 0 aliphatic carbocycles. The third kappa shape index (κ3) is 5.02. The van der Waals surface area contributed by atoms with Crippen molar-refractivity contribution in [3.8, 4) is 0 Å². The Morgan fingerprint density at radius 1 is 1.19 bits per heavy atom. The lowest BCUT2D eigenvalue weighted by molar-refractivity contribution is -0.117. The zero-order valence-corrected chi connectivity index (χ0v) is 17.6. The standard InChI is InChI=1S/C20H25ClN2O3S/c1-5-15-10-7-9-14(3)19(15)22-20(24)18(6-2)23(27(4,25)26)17-12-8-11-16(21)13-17/h7-13,18H,5-6H2,1-4H3,(H,22,24)/t18-/m1/s1. The molecule has 0 saturated heterocycles. The Labute approximate surface area is 166 Å². The van der Waals surface area contributed by atoms with E-state index >= 15 is 0 Å². The third-order valence-electron chi connectivity index (χ3n) is 4.38. The van der Waals surface area contributed by atoms with Crippen molar-refractivity contribution < 1.29 is 13.2 Å². The van der Waals surface area contributed by atoms with Crippen molar-refractivity contribution in [2.75, 3.05) is 15.9 Å². The van der Waals surface area contributed by atoms with Crippen LogP contribution in [-0.2, 0) is 21.2 Å². The zero-order chi connectivity index (χ0) is 20.2. The first-order valence-corrected chi connectivity index (χ1v) is 11.1. The highest BCUT2D eigenvalue weighted by molar-refractivity contribution is 7.92. The number of hydrogen-bond acceptors (Lipinski definition) is 3. The lowest BCUT2D eigenvalue weighted by Gasteiger charge is -2.30. The van der Waals surface area contributed by atoms with Gasteiger partial charge in [-0.25, -0.2) is 8.42 Å². The van der Waals surface area contributed by atoms with Crippen LogP contribution < -0.4 is 9.62 Å². The van der Waals surface area contributed by atoms with Gasteiger partial charge in [-0.2, -0.15) is 0 Å². The number of amides is 1. The Balaban J connectivity index is 2.44. The van der Waals surface area contributed by atoms with E-state index in [-0.39, 0.29) is 5.91 Å². The molecule has 2 rings (SSSR count). The lowest BCUT2D eigenvalue weighted by Crippen LogP contribution is -2.47. The van der Waals surface area contributed by atoms with Gasteiger partial charge in [0.05, 0.1) is 11.9 Å². The molecule has 1 atom stereocenters. The van der Waals surface area contributed by atoms with Gasteiger partial charge >= 0.3 is 0 Å². The molecule has 0 bridgehead atoms. The summed E-state index contributed by atoms with van der Waals surface area (Å²) in [6, 6.07) is 11.4. The minimum absolute atomic E-state index is 0.318. The largest absolute Gasteiger partial charge is 0.324 e. The van der Waals surface area contributed by atoms with Crippen LogP contribution in [0.15, 0.2) is 42.5 Å². The molecule has 0 aromatic heterocycles. The van der Waals surface area contributed by atoms with Crippen molar-refractivity contribution in [1.29, 1.82) is 0 Å². The van der Waals surface area contributed by atoms with Crippen LogP contribution in [0, 0.1) is 6.92 Å². The maximum Gasteiger partial charge on any atom is 0.248 e. The van der Waals surface area contributed by atoms with Crippen LogP contribution in [0.2, 0.25) is 5.02 Å². The summed E-state index contributed by atoms with van der Waals surface area (Å²) >= 11 is 6.03. The van der Waals surface area contributed by atoms with Gasteiger partial charge in [-0.1, -0.05) is 49.7 Å². The number of nitrogens with zero attached hydrogens (tertiary/aromatic N) is 1. The van der Waals surface area contributed by atoms with E-state index in [0.717, 1.165) is 33.8 Å². The summed E-state index contributed by atoms with van der Waals surface area (Å²) in [7, 11) is -3.70. The summed E-state index contributed by atoms with van der Waals surface area (Å²) in [6.07, 6.45) is 2.17. The van der Waals surface area contributed by atoms with E-state index in [2.05, 4.69) is 5.32 Å². The molecule has 7 heteroatoms. The average Bonchev–Trinajstić information content (AvgIpc) is 2.59. The van der Waals surface area contributed by atoms with Crippen molar-refractivity contribution in [2.45, 2.75) is 39.7 Å². The Morgan fingerprint density at radius 3 is 2.41 bits per heavy atom. The summed E-state index contributed by atoms with van der Waals surface area (Å²) in [4.78, 5) is 13.1. The predicted octanol–water partition coefficient (Wildman–Crippen LogP) is 4.39. The topological polar surface area (TPSA) is 66.5 Å². The van der Waals surface area contributed by atoms with E-state index < -0.39 is 16.1 Å². The summed E-state index contributed by atoms with van der Waals surface area (Å²) in [6.45, 7) is 5.71. The summed E-state index contributed by atoms with van der Waals surface area (Å²) in [5.41, 5.74) is 3.05. The summed E-state index contributed by atoms with van der Waals surface area (Å²) < 4.78 is 26.1. The molecule has 2 aromatic rings. The number of sulfonamides is 1. The van der Waals surface area contributed by atoms with E-state index in [1.807, 2.05) is 32.0 Å². The van der Waals surface area contributed by atoms with E-state index in [1.54, 1.807) is 31.2 Å². The highest BCUT2D eigenvalue weighted by Crippen LogP contribution is 2.27. The Kier molecular flexibility index (Phi) is 6.89. The number of nitrogens with one attached hydrogen (secondary N) is 1. The molecular formula is C20H25ClN2O3S. The molecule has 146 valence electrons. The van der Waals surface area contributed by atoms with Crippen LogP contribution in [-0.4, -0.2) is 26.6 Å². The number of aryl methyl sites for hydroxylation is 2. The van der Waals surface area contributed by atoms with Gasteiger partial charge in [-0.05, 0) is 49.1 Å². The first kappa shape index (κ1) is 21.3. The summed E-state index contributed by atoms with van der Waals surface area (Å²) in [5, 5.41) is 3.35. The molecule has 5 nitrogen and oxygen atoms in total. The monoisotopic (exact) mass is 408 g/mol. The van der Waals surface area contributed by atoms with E-state index in [9.17, 15) is 13.2 Å². The molecule has 27 heavy (non-hydrogen) atoms. The maximum atomic E-state index is 13.1. The van der Waals surface area contributed by atoms with Gasteiger partial charge in [0, 0.05) is 10.7 Å². The van der Waals surface area contributed by atoms with Crippen LogP contribution >= 0.6 is 11.6 Å². The number of para-hydroxylation sites is 1. The minimum atomic E-state index is -3.70. The average molecular weight is 409 g/mol. The molecule has 1 amide bonds. The number of carbonyl (C=O) groups excluding carboxylic acids is 1. The third-order valence-corrected chi connectivity index (χ3v) is 5.80.